The lowest BCUT2D eigenvalue weighted by atomic mass is 10.2. The van der Waals surface area contributed by atoms with Crippen LogP contribution in [0.15, 0.2) is 40.9 Å². The normalized spacial score (nSPS) is 10.4. The molecule has 2 nitrogen and oxygen atoms in total. The highest BCUT2D eigenvalue weighted by molar-refractivity contribution is 9.10. The predicted molar refractivity (Wildman–Crippen MR) is 74.3 cm³/mol. The number of rotatable bonds is 3. The fourth-order valence-electron chi connectivity index (χ4n) is 1.57. The first-order valence-electron chi connectivity index (χ1n) is 5.53. The molecule has 2 rings (SSSR count). The summed E-state index contributed by atoms with van der Waals surface area (Å²) in [5, 5.41) is 12.3. The highest BCUT2D eigenvalue weighted by atomic mass is 79.9. The third-order valence-corrected chi connectivity index (χ3v) is 3.53. The Bertz CT molecular complexity index is 520. The molecule has 0 heterocycles. The highest BCUT2D eigenvalue weighted by Crippen LogP contribution is 2.22. The van der Waals surface area contributed by atoms with Crippen LogP contribution in [0.25, 0.3) is 0 Å². The van der Waals surface area contributed by atoms with Gasteiger partial charge in [0.25, 0.3) is 0 Å². The molecule has 0 unspecified atom stereocenters. The smallest absolute Gasteiger partial charge is 0.165 e. The van der Waals surface area contributed by atoms with E-state index >= 15 is 0 Å². The van der Waals surface area contributed by atoms with Crippen LogP contribution in [0, 0.1) is 12.7 Å². The zero-order valence-electron chi connectivity index (χ0n) is 9.87. The monoisotopic (exact) mass is 309 g/mol. The van der Waals surface area contributed by atoms with Gasteiger partial charge < -0.3 is 10.4 Å². The molecule has 0 fully saturated rings. The van der Waals surface area contributed by atoms with E-state index in [1.54, 1.807) is 6.07 Å². The largest absolute Gasteiger partial charge is 0.505 e. The molecule has 0 amide bonds. The van der Waals surface area contributed by atoms with E-state index in [0.29, 0.717) is 6.54 Å². The molecular weight excluding hydrogens is 297 g/mol. The third kappa shape index (κ3) is 3.01. The van der Waals surface area contributed by atoms with Crippen LogP contribution >= 0.6 is 15.9 Å². The number of nitrogens with one attached hydrogen (secondary N) is 1. The molecule has 0 aromatic heterocycles. The van der Waals surface area contributed by atoms with Crippen molar-refractivity contribution in [2.75, 3.05) is 5.32 Å². The average Bonchev–Trinajstić information content (AvgIpc) is 2.35. The number of phenols is 1. The van der Waals surface area contributed by atoms with Gasteiger partial charge in [0.05, 0.1) is 0 Å². The van der Waals surface area contributed by atoms with Gasteiger partial charge in [-0.05, 0) is 42.3 Å². The highest BCUT2D eigenvalue weighted by Gasteiger charge is 2.02. The Morgan fingerprint density at radius 3 is 2.67 bits per heavy atom. The van der Waals surface area contributed by atoms with E-state index in [-0.39, 0.29) is 5.75 Å². The number of hydrogen-bond acceptors (Lipinski definition) is 2. The summed E-state index contributed by atoms with van der Waals surface area (Å²) >= 11 is 3.46. The SMILES string of the molecule is Cc1ccc(NCc2ccc(O)c(F)c2)cc1Br. The molecule has 0 atom stereocenters. The number of anilines is 1. The Kier molecular flexibility index (Phi) is 3.87. The molecule has 94 valence electrons. The third-order valence-electron chi connectivity index (χ3n) is 2.68. The van der Waals surface area contributed by atoms with Gasteiger partial charge in [0.2, 0.25) is 0 Å². The van der Waals surface area contributed by atoms with E-state index in [2.05, 4.69) is 21.2 Å². The van der Waals surface area contributed by atoms with E-state index in [1.165, 1.54) is 12.1 Å². The van der Waals surface area contributed by atoms with Gasteiger partial charge in [-0.1, -0.05) is 28.1 Å². The van der Waals surface area contributed by atoms with Crippen LogP contribution in [0.4, 0.5) is 10.1 Å². The summed E-state index contributed by atoms with van der Waals surface area (Å²) < 4.78 is 14.2. The number of aryl methyl sites for hydroxylation is 1. The maximum atomic E-state index is 13.1. The van der Waals surface area contributed by atoms with Crippen molar-refractivity contribution in [3.63, 3.8) is 0 Å². The first-order chi connectivity index (χ1) is 8.56. The summed E-state index contributed by atoms with van der Waals surface area (Å²) in [6, 6.07) is 10.3. The summed E-state index contributed by atoms with van der Waals surface area (Å²) in [5.41, 5.74) is 2.90. The second-order valence-corrected chi connectivity index (χ2v) is 4.96. The average molecular weight is 310 g/mol. The minimum Gasteiger partial charge on any atom is -0.505 e. The fourth-order valence-corrected chi connectivity index (χ4v) is 1.95. The van der Waals surface area contributed by atoms with Crippen LogP contribution in [0.2, 0.25) is 0 Å². The summed E-state index contributed by atoms with van der Waals surface area (Å²) in [4.78, 5) is 0. The van der Waals surface area contributed by atoms with Crippen molar-refractivity contribution in [3.8, 4) is 5.75 Å². The second kappa shape index (κ2) is 5.40. The van der Waals surface area contributed by atoms with Gasteiger partial charge in [0.1, 0.15) is 0 Å². The van der Waals surface area contributed by atoms with Gasteiger partial charge >= 0.3 is 0 Å². The molecule has 2 N–H and O–H groups in total. The van der Waals surface area contributed by atoms with Crippen molar-refractivity contribution in [2.24, 2.45) is 0 Å². The molecule has 0 aliphatic heterocycles. The van der Waals surface area contributed by atoms with Crippen LogP contribution in [0.1, 0.15) is 11.1 Å². The first kappa shape index (κ1) is 12.9. The summed E-state index contributed by atoms with van der Waals surface area (Å²) in [6.07, 6.45) is 0. The molecule has 2 aromatic rings. The zero-order valence-corrected chi connectivity index (χ0v) is 11.5. The predicted octanol–water partition coefficient (Wildman–Crippen LogP) is 4.21. The molecule has 4 heteroatoms. The Hall–Kier alpha value is -1.55. The van der Waals surface area contributed by atoms with Crippen LogP contribution < -0.4 is 5.32 Å². The molecular formula is C14H13BrFNO. The fraction of sp³-hybridized carbons (Fsp3) is 0.143. The molecule has 0 aliphatic carbocycles. The molecule has 0 saturated carbocycles. The number of hydrogen-bond donors (Lipinski definition) is 2. The number of halogens is 2. The van der Waals surface area contributed by atoms with Gasteiger partial charge in [0, 0.05) is 16.7 Å². The van der Waals surface area contributed by atoms with Crippen LogP contribution in [-0.4, -0.2) is 5.11 Å². The molecule has 0 saturated heterocycles. The van der Waals surface area contributed by atoms with Crippen molar-refractivity contribution >= 4 is 21.6 Å². The Morgan fingerprint density at radius 1 is 1.22 bits per heavy atom. The van der Waals surface area contributed by atoms with E-state index in [9.17, 15) is 4.39 Å². The lowest BCUT2D eigenvalue weighted by Gasteiger charge is -2.08. The minimum absolute atomic E-state index is 0.322. The van der Waals surface area contributed by atoms with Crippen molar-refractivity contribution < 1.29 is 9.50 Å². The number of phenolic OH excluding ortho intramolecular Hbond substituents is 1. The quantitative estimate of drug-likeness (QED) is 0.890. The lowest BCUT2D eigenvalue weighted by molar-refractivity contribution is 0.432. The van der Waals surface area contributed by atoms with Gasteiger partial charge in [-0.15, -0.1) is 0 Å². The number of aromatic hydroxyl groups is 1. The van der Waals surface area contributed by atoms with Gasteiger partial charge in [-0.3, -0.25) is 0 Å². The first-order valence-corrected chi connectivity index (χ1v) is 6.33. The summed E-state index contributed by atoms with van der Waals surface area (Å²) in [6.45, 7) is 2.52. The van der Waals surface area contributed by atoms with E-state index < -0.39 is 5.82 Å². The Morgan fingerprint density at radius 2 is 2.00 bits per heavy atom. The van der Waals surface area contributed by atoms with Crippen molar-refractivity contribution in [1.82, 2.24) is 0 Å². The maximum Gasteiger partial charge on any atom is 0.165 e. The Labute approximate surface area is 114 Å². The van der Waals surface area contributed by atoms with Crippen molar-refractivity contribution in [3.05, 3.63) is 57.8 Å². The minimum atomic E-state index is -0.598. The van der Waals surface area contributed by atoms with Gasteiger partial charge in [-0.25, -0.2) is 4.39 Å². The van der Waals surface area contributed by atoms with E-state index in [0.717, 1.165) is 21.3 Å². The van der Waals surface area contributed by atoms with E-state index in [1.807, 2.05) is 25.1 Å². The zero-order chi connectivity index (χ0) is 13.1. The summed E-state index contributed by atoms with van der Waals surface area (Å²) in [7, 11) is 0. The number of benzene rings is 2. The standard InChI is InChI=1S/C14H13BrFNO/c1-9-2-4-11(7-12(9)15)17-8-10-3-5-14(18)13(16)6-10/h2-7,17-18H,8H2,1H3. The Balaban J connectivity index is 2.06. The second-order valence-electron chi connectivity index (χ2n) is 4.10. The van der Waals surface area contributed by atoms with Gasteiger partial charge in [0.15, 0.2) is 11.6 Å². The molecule has 0 bridgehead atoms. The van der Waals surface area contributed by atoms with Crippen molar-refractivity contribution in [1.29, 1.82) is 0 Å². The summed E-state index contributed by atoms with van der Waals surface area (Å²) in [5.74, 6) is -0.920. The molecule has 0 aliphatic rings. The molecule has 2 aromatic carbocycles. The van der Waals surface area contributed by atoms with Crippen LogP contribution in [-0.2, 0) is 6.54 Å². The van der Waals surface area contributed by atoms with Crippen molar-refractivity contribution in [2.45, 2.75) is 13.5 Å². The maximum absolute atomic E-state index is 13.1. The van der Waals surface area contributed by atoms with Crippen LogP contribution in [0.3, 0.4) is 0 Å². The van der Waals surface area contributed by atoms with Gasteiger partial charge in [-0.2, -0.15) is 0 Å². The van der Waals surface area contributed by atoms with Crippen LogP contribution in [0.5, 0.6) is 5.75 Å². The lowest BCUT2D eigenvalue weighted by Crippen LogP contribution is -2.00. The molecule has 0 radical (unpaired) electrons. The molecule has 18 heavy (non-hydrogen) atoms. The van der Waals surface area contributed by atoms with E-state index in [4.69, 9.17) is 5.11 Å². The molecule has 0 spiro atoms. The topological polar surface area (TPSA) is 32.3 Å².